The van der Waals surface area contributed by atoms with Gasteiger partial charge in [-0.2, -0.15) is 0 Å². The number of aryl methyl sites for hydroxylation is 1. The summed E-state index contributed by atoms with van der Waals surface area (Å²) in [4.78, 5) is 0. The normalized spacial score (nSPS) is 10.2. The van der Waals surface area contributed by atoms with Gasteiger partial charge in [0, 0.05) is 43.4 Å². The molecule has 1 rings (SSSR count). The molecule has 0 spiro atoms. The molecule has 0 aromatic heterocycles. The maximum Gasteiger partial charge on any atom is 0.0346 e. The molecule has 0 saturated carbocycles. The van der Waals surface area contributed by atoms with Crippen molar-refractivity contribution in [2.45, 2.75) is 77.6 Å². The van der Waals surface area contributed by atoms with Crippen LogP contribution in [0.4, 0.5) is 5.69 Å². The smallest absolute Gasteiger partial charge is 0.0346 e. The molecule has 0 atom stereocenters. The topological polar surface area (TPSA) is 26.0 Å². The first kappa shape index (κ1) is 20.3. The molecule has 2 heteroatoms. The molecule has 0 unspecified atom stereocenters. The fraction of sp³-hybridized carbons (Fsp3) is 0.667. The number of hydrogen-bond acceptors (Lipinski definition) is 1. The molecule has 0 heterocycles. The van der Waals surface area contributed by atoms with Crippen LogP contribution in [0.25, 0.3) is 0 Å². The first-order chi connectivity index (χ1) is 9.34. The van der Waals surface area contributed by atoms with Crippen molar-refractivity contribution in [2.24, 2.45) is 0 Å². The van der Waals surface area contributed by atoms with E-state index in [4.69, 9.17) is 5.73 Å². The molecular formula is C18H31CaN. The maximum absolute atomic E-state index is 5.94. The quantitative estimate of drug-likeness (QED) is 0.333. The fourth-order valence-electron chi connectivity index (χ4n) is 2.56. The maximum atomic E-state index is 5.94. The van der Waals surface area contributed by atoms with Crippen molar-refractivity contribution in [3.8, 4) is 0 Å². The molecule has 1 aromatic carbocycles. The summed E-state index contributed by atoms with van der Waals surface area (Å²) in [6, 6.07) is 8.26. The van der Waals surface area contributed by atoms with Gasteiger partial charge in [0.15, 0.2) is 0 Å². The Labute approximate surface area is 155 Å². The Hall–Kier alpha value is 0.280. The Balaban J connectivity index is 0.00000361. The fourth-order valence-corrected chi connectivity index (χ4v) is 2.56. The number of hydrogen-bond donors (Lipinski definition) is 1. The van der Waals surface area contributed by atoms with Crippen LogP contribution in [0.2, 0.25) is 0 Å². The Morgan fingerprint density at radius 1 is 0.750 bits per heavy atom. The van der Waals surface area contributed by atoms with Gasteiger partial charge in [-0.3, -0.25) is 0 Å². The van der Waals surface area contributed by atoms with Gasteiger partial charge in [-0.05, 0) is 24.5 Å². The summed E-state index contributed by atoms with van der Waals surface area (Å²) in [5.74, 6) is 0. The van der Waals surface area contributed by atoms with E-state index in [2.05, 4.69) is 19.1 Å². The van der Waals surface area contributed by atoms with E-state index < -0.39 is 0 Å². The zero-order chi connectivity index (χ0) is 13.8. The SMILES string of the molecule is CCCCCCCCCCCCc1ccccc1N.[Ca]. The number of nitrogen functional groups attached to an aromatic ring is 1. The second kappa shape index (κ2) is 14.2. The first-order valence-electron chi connectivity index (χ1n) is 8.18. The van der Waals surface area contributed by atoms with Crippen LogP contribution < -0.4 is 5.73 Å². The number of nitrogens with two attached hydrogens (primary N) is 1. The first-order valence-corrected chi connectivity index (χ1v) is 8.18. The zero-order valence-corrected chi connectivity index (χ0v) is 15.6. The molecule has 2 N–H and O–H groups in total. The van der Waals surface area contributed by atoms with Gasteiger partial charge in [-0.1, -0.05) is 82.9 Å². The van der Waals surface area contributed by atoms with Crippen LogP contribution >= 0.6 is 0 Å². The minimum atomic E-state index is 0. The van der Waals surface area contributed by atoms with E-state index in [1.807, 2.05) is 12.1 Å². The molecule has 0 bridgehead atoms. The summed E-state index contributed by atoms with van der Waals surface area (Å²) in [6.45, 7) is 2.28. The Kier molecular flexibility index (Phi) is 14.4. The minimum Gasteiger partial charge on any atom is -0.399 e. The molecule has 0 fully saturated rings. The molecular weight excluding hydrogens is 270 g/mol. The summed E-state index contributed by atoms with van der Waals surface area (Å²) in [5.41, 5.74) is 8.22. The number of benzene rings is 1. The van der Waals surface area contributed by atoms with Gasteiger partial charge < -0.3 is 5.73 Å². The average molecular weight is 302 g/mol. The largest absolute Gasteiger partial charge is 0.399 e. The van der Waals surface area contributed by atoms with Crippen LogP contribution in [-0.4, -0.2) is 37.7 Å². The van der Waals surface area contributed by atoms with Crippen LogP contribution in [0, 0.1) is 0 Å². The van der Waals surface area contributed by atoms with Gasteiger partial charge in [0.1, 0.15) is 0 Å². The third-order valence-electron chi connectivity index (χ3n) is 3.85. The van der Waals surface area contributed by atoms with Crippen molar-refractivity contribution in [2.75, 3.05) is 5.73 Å². The van der Waals surface area contributed by atoms with Crippen molar-refractivity contribution >= 4 is 43.4 Å². The molecule has 0 saturated heterocycles. The number of anilines is 1. The summed E-state index contributed by atoms with van der Waals surface area (Å²) < 4.78 is 0. The molecule has 0 amide bonds. The van der Waals surface area contributed by atoms with Gasteiger partial charge in [-0.25, -0.2) is 0 Å². The van der Waals surface area contributed by atoms with Crippen molar-refractivity contribution in [1.82, 2.24) is 0 Å². The third-order valence-corrected chi connectivity index (χ3v) is 3.85. The van der Waals surface area contributed by atoms with E-state index in [9.17, 15) is 0 Å². The summed E-state index contributed by atoms with van der Waals surface area (Å²) in [5, 5.41) is 0. The van der Waals surface area contributed by atoms with Crippen molar-refractivity contribution in [3.63, 3.8) is 0 Å². The minimum absolute atomic E-state index is 0. The second-order valence-corrected chi connectivity index (χ2v) is 5.63. The van der Waals surface area contributed by atoms with Gasteiger partial charge in [0.25, 0.3) is 0 Å². The van der Waals surface area contributed by atoms with Crippen molar-refractivity contribution < 1.29 is 0 Å². The zero-order valence-electron chi connectivity index (χ0n) is 13.4. The number of para-hydroxylation sites is 1. The monoisotopic (exact) mass is 301 g/mol. The molecule has 20 heavy (non-hydrogen) atoms. The Morgan fingerprint density at radius 2 is 1.25 bits per heavy atom. The molecule has 2 radical (unpaired) electrons. The predicted octanol–water partition coefficient (Wildman–Crippen LogP) is 5.35. The third kappa shape index (κ3) is 10.1. The van der Waals surface area contributed by atoms with E-state index in [-0.39, 0.29) is 37.7 Å². The van der Waals surface area contributed by atoms with Gasteiger partial charge >= 0.3 is 0 Å². The van der Waals surface area contributed by atoms with Gasteiger partial charge in [0.2, 0.25) is 0 Å². The average Bonchev–Trinajstić information content (AvgIpc) is 2.43. The molecule has 1 nitrogen and oxygen atoms in total. The molecule has 110 valence electrons. The molecule has 0 aliphatic carbocycles. The standard InChI is InChI=1S/C18H31N.Ca/c1-2-3-4-5-6-7-8-9-10-11-14-17-15-12-13-16-18(17)19;/h12-13,15-16H,2-11,14,19H2,1H3;. The Morgan fingerprint density at radius 3 is 1.80 bits per heavy atom. The van der Waals surface area contributed by atoms with Crippen molar-refractivity contribution in [1.29, 1.82) is 0 Å². The van der Waals surface area contributed by atoms with E-state index in [0.717, 1.165) is 12.1 Å². The van der Waals surface area contributed by atoms with Crippen LogP contribution in [0.15, 0.2) is 24.3 Å². The number of rotatable bonds is 11. The van der Waals surface area contributed by atoms with Gasteiger partial charge in [0.05, 0.1) is 0 Å². The second-order valence-electron chi connectivity index (χ2n) is 5.63. The molecule has 1 aromatic rings. The molecule has 0 aliphatic rings. The van der Waals surface area contributed by atoms with E-state index >= 15 is 0 Å². The summed E-state index contributed by atoms with van der Waals surface area (Å²) in [7, 11) is 0. The van der Waals surface area contributed by atoms with Crippen molar-refractivity contribution in [3.05, 3.63) is 29.8 Å². The van der Waals surface area contributed by atoms with Crippen LogP contribution in [0.5, 0.6) is 0 Å². The molecule has 0 aliphatic heterocycles. The van der Waals surface area contributed by atoms with Gasteiger partial charge in [-0.15, -0.1) is 0 Å². The van der Waals surface area contributed by atoms with Crippen LogP contribution in [-0.2, 0) is 6.42 Å². The summed E-state index contributed by atoms with van der Waals surface area (Å²) >= 11 is 0. The van der Waals surface area contributed by atoms with E-state index in [1.54, 1.807) is 0 Å². The number of unbranched alkanes of at least 4 members (excludes halogenated alkanes) is 9. The predicted molar refractivity (Wildman–Crippen MR) is 92.2 cm³/mol. The van der Waals surface area contributed by atoms with Crippen LogP contribution in [0.3, 0.4) is 0 Å². The Bertz CT molecular complexity index is 325. The summed E-state index contributed by atoms with van der Waals surface area (Å²) in [6.07, 6.45) is 15.1. The van der Waals surface area contributed by atoms with E-state index in [0.29, 0.717) is 0 Å². The van der Waals surface area contributed by atoms with Crippen LogP contribution in [0.1, 0.15) is 76.7 Å². The van der Waals surface area contributed by atoms with E-state index in [1.165, 1.54) is 69.8 Å².